The monoisotopic (exact) mass is 450 g/mol. The van der Waals surface area contributed by atoms with Crippen molar-refractivity contribution in [2.24, 2.45) is 0 Å². The Labute approximate surface area is 194 Å². The molecule has 6 nitrogen and oxygen atoms in total. The van der Waals surface area contributed by atoms with Crippen molar-refractivity contribution in [2.45, 2.75) is 38.1 Å². The molecule has 0 aromatic heterocycles. The standard InChI is InChI=1S/C27H30O6/c28-16-24(29)26(32-18-22-12-6-2-7-13-22)27(33-19-23-14-8-3-9-15-23)25(30)20-31-17-21-10-4-1-5-11-21/h1-15,25-28,30H,16-20H2/t25-,26+,27-/m1/s1. The van der Waals surface area contributed by atoms with E-state index in [1.807, 2.05) is 91.0 Å². The minimum Gasteiger partial charge on any atom is -0.388 e. The van der Waals surface area contributed by atoms with Gasteiger partial charge in [-0.25, -0.2) is 0 Å². The summed E-state index contributed by atoms with van der Waals surface area (Å²) in [5, 5.41) is 20.5. The Morgan fingerprint density at radius 3 is 1.64 bits per heavy atom. The minimum atomic E-state index is -1.16. The van der Waals surface area contributed by atoms with Crippen molar-refractivity contribution in [3.8, 4) is 0 Å². The summed E-state index contributed by atoms with van der Waals surface area (Å²) >= 11 is 0. The smallest absolute Gasteiger partial charge is 0.189 e. The third-order valence-electron chi connectivity index (χ3n) is 5.11. The lowest BCUT2D eigenvalue weighted by molar-refractivity contribution is -0.167. The Hall–Kier alpha value is -2.87. The molecule has 0 aliphatic carbocycles. The lowest BCUT2D eigenvalue weighted by Gasteiger charge is -2.30. The number of rotatable bonds is 14. The third kappa shape index (κ3) is 8.20. The van der Waals surface area contributed by atoms with Gasteiger partial charge in [-0.3, -0.25) is 4.79 Å². The number of benzene rings is 3. The van der Waals surface area contributed by atoms with Gasteiger partial charge in [-0.15, -0.1) is 0 Å². The van der Waals surface area contributed by atoms with Crippen LogP contribution in [0.5, 0.6) is 0 Å². The van der Waals surface area contributed by atoms with Gasteiger partial charge in [0.25, 0.3) is 0 Å². The molecule has 33 heavy (non-hydrogen) atoms. The van der Waals surface area contributed by atoms with Crippen molar-refractivity contribution in [3.63, 3.8) is 0 Å². The van der Waals surface area contributed by atoms with Crippen molar-refractivity contribution >= 4 is 5.78 Å². The second-order valence-corrected chi connectivity index (χ2v) is 7.67. The van der Waals surface area contributed by atoms with Crippen molar-refractivity contribution in [1.82, 2.24) is 0 Å². The van der Waals surface area contributed by atoms with E-state index in [2.05, 4.69) is 0 Å². The lowest BCUT2D eigenvalue weighted by Crippen LogP contribution is -2.48. The molecule has 6 heteroatoms. The first-order valence-corrected chi connectivity index (χ1v) is 10.9. The van der Waals surface area contributed by atoms with Gasteiger partial charge in [-0.05, 0) is 16.7 Å². The van der Waals surface area contributed by atoms with E-state index in [-0.39, 0.29) is 19.8 Å². The molecule has 0 aliphatic heterocycles. The summed E-state index contributed by atoms with van der Waals surface area (Å²) in [5.41, 5.74) is 2.72. The summed E-state index contributed by atoms with van der Waals surface area (Å²) in [6, 6.07) is 28.4. The molecule has 3 aromatic rings. The zero-order chi connectivity index (χ0) is 23.3. The van der Waals surface area contributed by atoms with Gasteiger partial charge in [0, 0.05) is 0 Å². The Morgan fingerprint density at radius 1 is 0.697 bits per heavy atom. The van der Waals surface area contributed by atoms with Gasteiger partial charge in [0.1, 0.15) is 24.9 Å². The van der Waals surface area contributed by atoms with Crippen LogP contribution in [0, 0.1) is 0 Å². The number of hydrogen-bond acceptors (Lipinski definition) is 6. The topological polar surface area (TPSA) is 85.2 Å². The molecule has 3 rings (SSSR count). The fourth-order valence-electron chi connectivity index (χ4n) is 3.35. The molecule has 0 amide bonds. The van der Waals surface area contributed by atoms with Gasteiger partial charge in [0.2, 0.25) is 0 Å². The van der Waals surface area contributed by atoms with Gasteiger partial charge in [-0.1, -0.05) is 91.0 Å². The molecule has 0 unspecified atom stereocenters. The summed E-state index contributed by atoms with van der Waals surface area (Å²) in [6.07, 6.45) is -3.33. The highest BCUT2D eigenvalue weighted by atomic mass is 16.6. The number of aliphatic hydroxyl groups is 2. The Bertz CT molecular complexity index is 933. The molecule has 0 saturated heterocycles. The summed E-state index contributed by atoms with van der Waals surface area (Å²) in [7, 11) is 0. The van der Waals surface area contributed by atoms with E-state index in [4.69, 9.17) is 14.2 Å². The van der Waals surface area contributed by atoms with Gasteiger partial charge >= 0.3 is 0 Å². The highest BCUT2D eigenvalue weighted by Gasteiger charge is 2.35. The first-order chi connectivity index (χ1) is 16.2. The highest BCUT2D eigenvalue weighted by molar-refractivity contribution is 5.84. The molecule has 0 heterocycles. The van der Waals surface area contributed by atoms with Crippen LogP contribution in [0.3, 0.4) is 0 Å². The summed E-state index contributed by atoms with van der Waals surface area (Å²) < 4.78 is 17.5. The van der Waals surface area contributed by atoms with Crippen molar-refractivity contribution in [3.05, 3.63) is 108 Å². The fraction of sp³-hybridized carbons (Fsp3) is 0.296. The number of aliphatic hydroxyl groups excluding tert-OH is 2. The maximum absolute atomic E-state index is 12.6. The average molecular weight is 451 g/mol. The molecule has 0 bridgehead atoms. The molecule has 0 saturated carbocycles. The molecule has 3 atom stereocenters. The molecule has 0 spiro atoms. The van der Waals surface area contributed by atoms with Crippen LogP contribution in [0.2, 0.25) is 0 Å². The van der Waals surface area contributed by atoms with Gasteiger partial charge in [0.05, 0.1) is 26.4 Å². The van der Waals surface area contributed by atoms with Crippen LogP contribution in [-0.2, 0) is 38.8 Å². The molecule has 174 valence electrons. The van der Waals surface area contributed by atoms with E-state index in [0.29, 0.717) is 6.61 Å². The van der Waals surface area contributed by atoms with Crippen LogP contribution in [0.1, 0.15) is 16.7 Å². The normalized spacial score (nSPS) is 13.9. The van der Waals surface area contributed by atoms with E-state index in [0.717, 1.165) is 16.7 Å². The highest BCUT2D eigenvalue weighted by Crippen LogP contribution is 2.17. The Balaban J connectivity index is 1.70. The van der Waals surface area contributed by atoms with Crippen LogP contribution in [0.15, 0.2) is 91.0 Å². The number of hydrogen-bond donors (Lipinski definition) is 2. The molecule has 0 radical (unpaired) electrons. The van der Waals surface area contributed by atoms with E-state index >= 15 is 0 Å². The maximum Gasteiger partial charge on any atom is 0.189 e. The molecule has 2 N–H and O–H groups in total. The number of carbonyl (C=O) groups excluding carboxylic acids is 1. The zero-order valence-electron chi connectivity index (χ0n) is 18.5. The van der Waals surface area contributed by atoms with Gasteiger partial charge in [0.15, 0.2) is 5.78 Å². The predicted octanol–water partition coefficient (Wildman–Crippen LogP) is 3.30. The van der Waals surface area contributed by atoms with Gasteiger partial charge < -0.3 is 24.4 Å². The summed E-state index contributed by atoms with van der Waals surface area (Å²) in [4.78, 5) is 12.6. The predicted molar refractivity (Wildman–Crippen MR) is 124 cm³/mol. The van der Waals surface area contributed by atoms with E-state index in [1.54, 1.807) is 0 Å². The van der Waals surface area contributed by atoms with E-state index < -0.39 is 30.7 Å². The molecule has 3 aromatic carbocycles. The van der Waals surface area contributed by atoms with Crippen LogP contribution in [0.25, 0.3) is 0 Å². The summed E-state index contributed by atoms with van der Waals surface area (Å²) in [6.45, 7) is -0.154. The van der Waals surface area contributed by atoms with Crippen LogP contribution >= 0.6 is 0 Å². The SMILES string of the molecule is O=C(CO)[C@H](OCc1ccccc1)[C@H](OCc1ccccc1)[C@H](O)COCc1ccccc1. The van der Waals surface area contributed by atoms with E-state index in [9.17, 15) is 15.0 Å². The Kier molecular flexibility index (Phi) is 10.2. The Morgan fingerprint density at radius 2 is 1.15 bits per heavy atom. The van der Waals surface area contributed by atoms with Crippen molar-refractivity contribution in [1.29, 1.82) is 0 Å². The average Bonchev–Trinajstić information content (AvgIpc) is 2.87. The first-order valence-electron chi connectivity index (χ1n) is 10.9. The third-order valence-corrected chi connectivity index (χ3v) is 5.11. The van der Waals surface area contributed by atoms with Crippen molar-refractivity contribution in [2.75, 3.05) is 13.2 Å². The fourth-order valence-corrected chi connectivity index (χ4v) is 3.35. The molecular weight excluding hydrogens is 420 g/mol. The van der Waals surface area contributed by atoms with Crippen LogP contribution in [-0.4, -0.2) is 47.5 Å². The second kappa shape index (κ2) is 13.6. The quantitative estimate of drug-likeness (QED) is 0.392. The number of ketones is 1. The molecule has 0 fully saturated rings. The summed E-state index contributed by atoms with van der Waals surface area (Å²) in [5.74, 6) is -0.564. The number of carbonyl (C=O) groups is 1. The largest absolute Gasteiger partial charge is 0.388 e. The maximum atomic E-state index is 12.6. The zero-order valence-corrected chi connectivity index (χ0v) is 18.5. The lowest BCUT2D eigenvalue weighted by atomic mass is 10.0. The van der Waals surface area contributed by atoms with Crippen LogP contribution in [0.4, 0.5) is 0 Å². The second-order valence-electron chi connectivity index (χ2n) is 7.67. The van der Waals surface area contributed by atoms with E-state index in [1.165, 1.54) is 0 Å². The molecule has 0 aliphatic rings. The number of Topliss-reactive ketones (excluding diaryl/α,β-unsaturated/α-hetero) is 1. The van der Waals surface area contributed by atoms with Crippen molar-refractivity contribution < 1.29 is 29.2 Å². The first kappa shape index (κ1) is 24.8. The van der Waals surface area contributed by atoms with Gasteiger partial charge in [-0.2, -0.15) is 0 Å². The molecular formula is C27H30O6. The number of ether oxygens (including phenoxy) is 3. The minimum absolute atomic E-state index is 0.0573. The van der Waals surface area contributed by atoms with Crippen LogP contribution < -0.4 is 0 Å².